The van der Waals surface area contributed by atoms with E-state index < -0.39 is 5.41 Å². The first-order valence-electron chi connectivity index (χ1n) is 26.4. The van der Waals surface area contributed by atoms with Crippen LogP contribution in [0, 0.1) is 0 Å². The van der Waals surface area contributed by atoms with Gasteiger partial charge in [-0.1, -0.05) is 212 Å². The lowest BCUT2D eigenvalue weighted by atomic mass is 9.64. The number of hydrogen-bond donors (Lipinski definition) is 0. The van der Waals surface area contributed by atoms with Crippen LogP contribution in [-0.4, -0.2) is 0 Å². The Balaban J connectivity index is 0.968. The molecule has 0 unspecified atom stereocenters. The van der Waals surface area contributed by atoms with Gasteiger partial charge in [0, 0.05) is 43.9 Å². The van der Waals surface area contributed by atoms with Crippen molar-refractivity contribution in [1.82, 2.24) is 0 Å². The van der Waals surface area contributed by atoms with E-state index >= 15 is 0 Å². The van der Waals surface area contributed by atoms with Gasteiger partial charge in [0.25, 0.3) is 0 Å². The van der Waals surface area contributed by atoms with Crippen molar-refractivity contribution in [2.75, 3.05) is 14.7 Å². The summed E-state index contributed by atoms with van der Waals surface area (Å²) in [6, 6.07) is 109. The van der Waals surface area contributed by atoms with Gasteiger partial charge in [0.05, 0.1) is 32.9 Å². The van der Waals surface area contributed by atoms with Crippen LogP contribution in [0.2, 0.25) is 0 Å². The first-order valence-corrected chi connectivity index (χ1v) is 27.2. The quantitative estimate of drug-likeness (QED) is 0.143. The highest BCUT2D eigenvalue weighted by Gasteiger charge is 2.51. The minimum atomic E-state index is -0.553. The van der Waals surface area contributed by atoms with Gasteiger partial charge in [-0.05, 0) is 141 Å². The van der Waals surface area contributed by atoms with Crippen LogP contribution in [0.25, 0.3) is 53.6 Å². The molecule has 0 atom stereocenters. The summed E-state index contributed by atoms with van der Waals surface area (Å²) in [5, 5.41) is 2.43. The second kappa shape index (κ2) is 18.3. The van der Waals surface area contributed by atoms with Gasteiger partial charge < -0.3 is 14.7 Å². The minimum absolute atomic E-state index is 0.553. The number of hydrogen-bond acceptors (Lipinski definition) is 4. The predicted molar refractivity (Wildman–Crippen MR) is 325 cm³/mol. The summed E-state index contributed by atoms with van der Waals surface area (Å²) >= 11 is 1.87. The Morgan fingerprint density at radius 1 is 0.312 bits per heavy atom. The van der Waals surface area contributed by atoms with Crippen molar-refractivity contribution in [1.29, 1.82) is 0 Å². The average Bonchev–Trinajstić information content (AvgIpc) is 4.19. The highest BCUT2D eigenvalue weighted by atomic mass is 32.1. The van der Waals surface area contributed by atoms with Crippen LogP contribution in [0.3, 0.4) is 0 Å². The molecule has 0 fully saturated rings. The zero-order valence-corrected chi connectivity index (χ0v) is 42.9. The van der Waals surface area contributed by atoms with E-state index in [1.54, 1.807) is 0 Å². The second-order valence-electron chi connectivity index (χ2n) is 20.0. The normalized spacial score (nSPS) is 12.8. The van der Waals surface area contributed by atoms with E-state index in [4.69, 9.17) is 0 Å². The van der Waals surface area contributed by atoms with Crippen LogP contribution in [0.1, 0.15) is 22.3 Å². The third kappa shape index (κ3) is 7.10. The fraction of sp³-hybridized carbons (Fsp3) is 0.0137. The van der Waals surface area contributed by atoms with E-state index in [0.717, 1.165) is 45.5 Å². The van der Waals surface area contributed by atoms with Crippen molar-refractivity contribution in [2.24, 2.45) is 0 Å². The fourth-order valence-electron chi connectivity index (χ4n) is 12.6. The van der Waals surface area contributed by atoms with Gasteiger partial charge in [0.15, 0.2) is 0 Å². The molecule has 362 valence electrons. The van der Waals surface area contributed by atoms with Gasteiger partial charge in [-0.25, -0.2) is 0 Å². The molecule has 0 saturated heterocycles. The molecule has 2 heterocycles. The summed E-state index contributed by atoms with van der Waals surface area (Å²) in [5.41, 5.74) is 21.9. The molecule has 2 aliphatic rings. The molecule has 0 saturated carbocycles. The maximum absolute atomic E-state index is 2.49. The molecule has 0 N–H and O–H groups in total. The lowest BCUT2D eigenvalue weighted by molar-refractivity contribution is 0.752. The van der Waals surface area contributed by atoms with Crippen molar-refractivity contribution >= 4 is 82.7 Å². The fourth-order valence-corrected chi connectivity index (χ4v) is 13.8. The molecule has 15 rings (SSSR count). The van der Waals surface area contributed by atoms with E-state index in [1.165, 1.54) is 81.5 Å². The first kappa shape index (κ1) is 44.7. The zero-order chi connectivity index (χ0) is 50.9. The van der Waals surface area contributed by atoms with Crippen molar-refractivity contribution in [3.8, 4) is 33.4 Å². The molecule has 0 bridgehead atoms. The highest BCUT2D eigenvalue weighted by molar-refractivity contribution is 7.26. The number of anilines is 9. The molecule has 0 radical (unpaired) electrons. The molecule has 0 amide bonds. The SMILES string of the molecule is c1ccc(-c2ccc(N(c3ccc(-c4ccccc4)cc3)c3ccc(N(c4ccccc4)c4ccc5c(c4)N(c4ccccc4)c4ccccc4C54c5ccccc5-c5ccccc54)c4sc5ccccc5c34)cc2)cc1. The van der Waals surface area contributed by atoms with E-state index in [9.17, 15) is 0 Å². The van der Waals surface area contributed by atoms with Gasteiger partial charge in [-0.2, -0.15) is 0 Å². The lowest BCUT2D eigenvalue weighted by Crippen LogP contribution is -2.36. The van der Waals surface area contributed by atoms with Crippen molar-refractivity contribution in [3.63, 3.8) is 0 Å². The van der Waals surface area contributed by atoms with E-state index in [0.29, 0.717) is 0 Å². The van der Waals surface area contributed by atoms with Gasteiger partial charge >= 0.3 is 0 Å². The molecular formula is C73H49N3S. The molecule has 3 nitrogen and oxygen atoms in total. The molecular weight excluding hydrogens is 951 g/mol. The second-order valence-corrected chi connectivity index (χ2v) is 21.0. The summed E-state index contributed by atoms with van der Waals surface area (Å²) in [5.74, 6) is 0. The molecule has 77 heavy (non-hydrogen) atoms. The van der Waals surface area contributed by atoms with Crippen molar-refractivity contribution in [2.45, 2.75) is 5.41 Å². The van der Waals surface area contributed by atoms with Crippen LogP contribution >= 0.6 is 11.3 Å². The summed E-state index contributed by atoms with van der Waals surface area (Å²) in [6.07, 6.45) is 0. The third-order valence-electron chi connectivity index (χ3n) is 15.8. The third-order valence-corrected chi connectivity index (χ3v) is 17.0. The molecule has 13 aromatic rings. The molecule has 4 heteroatoms. The predicted octanol–water partition coefficient (Wildman–Crippen LogP) is 20.5. The van der Waals surface area contributed by atoms with E-state index in [2.05, 4.69) is 312 Å². The number of fused-ring (bicyclic) bond motifs is 12. The van der Waals surface area contributed by atoms with Crippen molar-refractivity contribution in [3.05, 3.63) is 320 Å². The molecule has 12 aromatic carbocycles. The Morgan fingerprint density at radius 3 is 1.38 bits per heavy atom. The monoisotopic (exact) mass is 999 g/mol. The van der Waals surface area contributed by atoms with Crippen molar-refractivity contribution < 1.29 is 0 Å². The molecule has 1 aliphatic carbocycles. The van der Waals surface area contributed by atoms with Crippen LogP contribution in [0.4, 0.5) is 51.2 Å². The Bertz CT molecular complexity index is 4200. The standard InChI is InChI=1S/C73H49N3S/c1-5-21-50(22-6-1)52-37-41-56(42-38-52)74(57-43-39-53(40-44-57)51-23-7-2-8-24-51)67-47-48-68(72-71(67)61-31-15-20-36-70(61)77-72)75(54-25-9-3-10-26-54)58-45-46-65-69(49-58)76(55-27-11-4-12-28-55)66-35-19-18-34-64(66)73(65)62-32-16-13-29-59(62)60-30-14-17-33-63(60)73/h1-49H. The van der Waals surface area contributed by atoms with Gasteiger partial charge in [0.1, 0.15) is 0 Å². The highest BCUT2D eigenvalue weighted by Crippen LogP contribution is 2.64. The lowest BCUT2D eigenvalue weighted by Gasteiger charge is -2.45. The Hall–Kier alpha value is -9.74. The van der Waals surface area contributed by atoms with Crippen LogP contribution in [-0.2, 0) is 5.41 Å². The molecule has 1 aromatic heterocycles. The van der Waals surface area contributed by atoms with Gasteiger partial charge in [0.2, 0.25) is 0 Å². The topological polar surface area (TPSA) is 9.72 Å². The molecule has 1 aliphatic heterocycles. The number of rotatable bonds is 9. The largest absolute Gasteiger partial charge is 0.310 e. The van der Waals surface area contributed by atoms with Gasteiger partial charge in [-0.15, -0.1) is 11.3 Å². The van der Waals surface area contributed by atoms with Crippen LogP contribution in [0.5, 0.6) is 0 Å². The maximum atomic E-state index is 2.49. The van der Waals surface area contributed by atoms with Gasteiger partial charge in [-0.3, -0.25) is 0 Å². The van der Waals surface area contributed by atoms with E-state index in [-0.39, 0.29) is 0 Å². The molecule has 1 spiro atoms. The Kier molecular flexibility index (Phi) is 10.6. The summed E-state index contributed by atoms with van der Waals surface area (Å²) in [4.78, 5) is 7.43. The zero-order valence-electron chi connectivity index (χ0n) is 42.0. The summed E-state index contributed by atoms with van der Waals surface area (Å²) < 4.78 is 2.44. The average molecular weight is 1000 g/mol. The Morgan fingerprint density at radius 2 is 0.753 bits per heavy atom. The van der Waals surface area contributed by atoms with Crippen LogP contribution in [0.15, 0.2) is 297 Å². The number of para-hydroxylation sites is 3. The minimum Gasteiger partial charge on any atom is -0.310 e. The number of benzene rings is 12. The number of nitrogens with zero attached hydrogens (tertiary/aromatic N) is 3. The maximum Gasteiger partial charge on any atom is 0.0754 e. The first-order chi connectivity index (χ1) is 38.2. The Labute approximate surface area is 453 Å². The summed E-state index contributed by atoms with van der Waals surface area (Å²) in [6.45, 7) is 0. The van der Waals surface area contributed by atoms with E-state index in [1.807, 2.05) is 11.3 Å². The smallest absolute Gasteiger partial charge is 0.0754 e. The summed E-state index contributed by atoms with van der Waals surface area (Å²) in [7, 11) is 0. The number of thiophene rings is 1. The van der Waals surface area contributed by atoms with Crippen LogP contribution < -0.4 is 14.7 Å².